The van der Waals surface area contributed by atoms with Crippen molar-refractivity contribution < 1.29 is 8.83 Å². The van der Waals surface area contributed by atoms with E-state index in [-0.39, 0.29) is 0 Å². The summed E-state index contributed by atoms with van der Waals surface area (Å²) in [5, 5.41) is 20.7. The van der Waals surface area contributed by atoms with Gasteiger partial charge in [-0.2, -0.15) is 10.5 Å². The topological polar surface area (TPSA) is 80.3 Å². The number of hydrogen-bond donors (Lipinski definition) is 0. The SMILES string of the molecule is CN(C)c1oc2c(I)c3c(C#N)c(N(C)C)oc3c(I)c2c1C#N. The summed E-state index contributed by atoms with van der Waals surface area (Å²) in [7, 11) is 7.31. The van der Waals surface area contributed by atoms with Gasteiger partial charge in [-0.05, 0) is 45.2 Å². The van der Waals surface area contributed by atoms with Crippen LogP contribution in [0.4, 0.5) is 11.8 Å². The fourth-order valence-electron chi connectivity index (χ4n) is 2.63. The lowest BCUT2D eigenvalue weighted by atomic mass is 10.1. The van der Waals surface area contributed by atoms with Gasteiger partial charge in [-0.25, -0.2) is 0 Å². The third kappa shape index (κ3) is 2.24. The highest BCUT2D eigenvalue weighted by Crippen LogP contribution is 2.45. The summed E-state index contributed by atoms with van der Waals surface area (Å²) in [6.07, 6.45) is 0. The third-order valence-electron chi connectivity index (χ3n) is 3.65. The summed E-state index contributed by atoms with van der Waals surface area (Å²) < 4.78 is 13.5. The Morgan fingerprint density at radius 3 is 1.33 bits per heavy atom. The summed E-state index contributed by atoms with van der Waals surface area (Å²) in [5.41, 5.74) is 2.16. The van der Waals surface area contributed by atoms with Gasteiger partial charge in [0.2, 0.25) is 11.8 Å². The standard InChI is InChI=1S/C16H12I2N4O2/c1-21(2)15-7(5-19)9-11(17)14-10(12(18)13(9)23-15)8(6-20)16(24-14)22(3)4/h1-4H3. The molecule has 0 radical (unpaired) electrons. The molecule has 8 heteroatoms. The van der Waals surface area contributed by atoms with E-state index in [0.29, 0.717) is 34.1 Å². The first kappa shape index (κ1) is 17.2. The molecule has 122 valence electrons. The minimum Gasteiger partial charge on any atom is -0.438 e. The minimum absolute atomic E-state index is 0.473. The maximum atomic E-state index is 9.60. The number of benzene rings is 1. The van der Waals surface area contributed by atoms with Crippen LogP contribution in [-0.2, 0) is 0 Å². The van der Waals surface area contributed by atoms with E-state index in [4.69, 9.17) is 8.83 Å². The fraction of sp³-hybridized carbons (Fsp3) is 0.250. The zero-order valence-electron chi connectivity index (χ0n) is 13.4. The van der Waals surface area contributed by atoms with Crippen molar-refractivity contribution in [1.29, 1.82) is 10.5 Å². The predicted octanol–water partition coefficient (Wildman–Crippen LogP) is 4.26. The summed E-state index contributed by atoms with van der Waals surface area (Å²) in [5.74, 6) is 1.00. The Hall–Kier alpha value is -1.66. The monoisotopic (exact) mass is 546 g/mol. The van der Waals surface area contributed by atoms with Gasteiger partial charge in [0, 0.05) is 28.2 Å². The zero-order chi connectivity index (χ0) is 17.8. The molecule has 0 unspecified atom stereocenters. The maximum absolute atomic E-state index is 9.60. The van der Waals surface area contributed by atoms with Crippen LogP contribution in [0.5, 0.6) is 0 Å². The Balaban J connectivity index is 2.60. The van der Waals surface area contributed by atoms with E-state index in [1.165, 1.54) is 0 Å². The number of anilines is 2. The molecule has 0 aliphatic rings. The largest absolute Gasteiger partial charge is 0.438 e. The number of hydrogen-bond acceptors (Lipinski definition) is 6. The van der Waals surface area contributed by atoms with Gasteiger partial charge in [-0.15, -0.1) is 0 Å². The molecule has 0 aliphatic heterocycles. The van der Waals surface area contributed by atoms with Gasteiger partial charge in [0.25, 0.3) is 0 Å². The lowest BCUT2D eigenvalue weighted by Gasteiger charge is -2.07. The molecule has 2 heterocycles. The lowest BCUT2D eigenvalue weighted by molar-refractivity contribution is 0.603. The summed E-state index contributed by atoms with van der Waals surface area (Å²) in [4.78, 5) is 3.53. The molecule has 3 aromatic rings. The molecular weight excluding hydrogens is 534 g/mol. The molecule has 0 saturated carbocycles. The summed E-state index contributed by atoms with van der Waals surface area (Å²) in [6.45, 7) is 0. The van der Waals surface area contributed by atoms with E-state index in [0.717, 1.165) is 17.9 Å². The van der Waals surface area contributed by atoms with Crippen LogP contribution in [0.3, 0.4) is 0 Å². The van der Waals surface area contributed by atoms with Crippen LogP contribution in [0.1, 0.15) is 11.1 Å². The molecule has 0 bridgehead atoms. The number of fused-ring (bicyclic) bond motifs is 2. The van der Waals surface area contributed by atoms with Crippen LogP contribution in [0.15, 0.2) is 8.83 Å². The second kappa shape index (κ2) is 6.01. The molecule has 1 aromatic carbocycles. The zero-order valence-corrected chi connectivity index (χ0v) is 17.7. The lowest BCUT2D eigenvalue weighted by Crippen LogP contribution is -2.08. The number of nitriles is 2. The quantitative estimate of drug-likeness (QED) is 0.448. The van der Waals surface area contributed by atoms with Crippen molar-refractivity contribution in [2.24, 2.45) is 0 Å². The fourth-order valence-corrected chi connectivity index (χ4v) is 4.42. The van der Waals surface area contributed by atoms with Crippen LogP contribution >= 0.6 is 45.2 Å². The van der Waals surface area contributed by atoms with Crippen LogP contribution in [-0.4, -0.2) is 28.2 Å². The maximum Gasteiger partial charge on any atom is 0.214 e. The molecule has 3 rings (SSSR count). The molecule has 0 fully saturated rings. The molecule has 6 nitrogen and oxygen atoms in total. The molecule has 0 aliphatic carbocycles. The van der Waals surface area contributed by atoms with Crippen molar-refractivity contribution in [1.82, 2.24) is 0 Å². The molecule has 0 atom stereocenters. The van der Waals surface area contributed by atoms with Crippen molar-refractivity contribution in [3.05, 3.63) is 18.3 Å². The van der Waals surface area contributed by atoms with E-state index < -0.39 is 0 Å². The van der Waals surface area contributed by atoms with Crippen LogP contribution in [0.25, 0.3) is 21.9 Å². The Morgan fingerprint density at radius 2 is 1.08 bits per heavy atom. The molecule has 0 saturated heterocycles. The molecule has 0 amide bonds. The van der Waals surface area contributed by atoms with E-state index in [1.54, 1.807) is 9.80 Å². The average molecular weight is 546 g/mol. The predicted molar refractivity (Wildman–Crippen MR) is 110 cm³/mol. The van der Waals surface area contributed by atoms with Crippen molar-refractivity contribution in [3.63, 3.8) is 0 Å². The molecule has 0 N–H and O–H groups in total. The Kier molecular flexibility index (Phi) is 4.30. The Bertz CT molecular complexity index is 978. The second-order valence-corrected chi connectivity index (χ2v) is 7.77. The van der Waals surface area contributed by atoms with E-state index in [1.807, 2.05) is 28.2 Å². The van der Waals surface area contributed by atoms with E-state index >= 15 is 0 Å². The number of nitrogens with zero attached hydrogens (tertiary/aromatic N) is 4. The number of furan rings is 2. The molecule has 24 heavy (non-hydrogen) atoms. The van der Waals surface area contributed by atoms with Gasteiger partial charge in [-0.3, -0.25) is 0 Å². The van der Waals surface area contributed by atoms with Gasteiger partial charge in [-0.1, -0.05) is 0 Å². The smallest absolute Gasteiger partial charge is 0.214 e. The average Bonchev–Trinajstić information content (AvgIpc) is 3.11. The summed E-state index contributed by atoms with van der Waals surface area (Å²) in [6, 6.07) is 4.46. The van der Waals surface area contributed by atoms with Crippen molar-refractivity contribution in [3.8, 4) is 12.1 Å². The van der Waals surface area contributed by atoms with Crippen LogP contribution in [0, 0.1) is 29.8 Å². The third-order valence-corrected chi connectivity index (χ3v) is 5.71. The van der Waals surface area contributed by atoms with E-state index in [9.17, 15) is 10.5 Å². The first-order valence-electron chi connectivity index (χ1n) is 6.88. The Morgan fingerprint density at radius 1 is 0.750 bits per heavy atom. The van der Waals surface area contributed by atoms with Gasteiger partial charge in [0.15, 0.2) is 11.2 Å². The molecule has 2 aromatic heterocycles. The van der Waals surface area contributed by atoms with Gasteiger partial charge >= 0.3 is 0 Å². The van der Waals surface area contributed by atoms with Crippen molar-refractivity contribution >= 4 is 78.9 Å². The first-order chi connectivity index (χ1) is 11.3. The number of rotatable bonds is 2. The van der Waals surface area contributed by atoms with E-state index in [2.05, 4.69) is 57.3 Å². The van der Waals surface area contributed by atoms with Crippen molar-refractivity contribution in [2.45, 2.75) is 0 Å². The second-order valence-electron chi connectivity index (χ2n) is 5.61. The number of halogens is 2. The highest BCUT2D eigenvalue weighted by Gasteiger charge is 2.28. The minimum atomic E-state index is 0.473. The van der Waals surface area contributed by atoms with Gasteiger partial charge in [0.1, 0.15) is 23.3 Å². The highest BCUT2D eigenvalue weighted by molar-refractivity contribution is 14.1. The normalized spacial score (nSPS) is 10.8. The van der Waals surface area contributed by atoms with Crippen LogP contribution in [0.2, 0.25) is 0 Å². The van der Waals surface area contributed by atoms with Crippen LogP contribution < -0.4 is 9.80 Å². The Labute approximate surface area is 165 Å². The van der Waals surface area contributed by atoms with Gasteiger partial charge < -0.3 is 18.6 Å². The molecule has 0 spiro atoms. The molecular formula is C16H12I2N4O2. The van der Waals surface area contributed by atoms with Crippen molar-refractivity contribution in [2.75, 3.05) is 38.0 Å². The highest BCUT2D eigenvalue weighted by atomic mass is 127. The van der Waals surface area contributed by atoms with Gasteiger partial charge in [0.05, 0.1) is 17.9 Å². The first-order valence-corrected chi connectivity index (χ1v) is 9.04. The summed E-state index contributed by atoms with van der Waals surface area (Å²) >= 11 is 4.31.